The summed E-state index contributed by atoms with van der Waals surface area (Å²) in [6, 6.07) is 9.97. The zero-order valence-electron chi connectivity index (χ0n) is 10.4. The molecule has 0 aliphatic carbocycles. The molecule has 0 heterocycles. The maximum Gasteiger partial charge on any atom is 0.0992 e. The van der Waals surface area contributed by atoms with E-state index in [2.05, 4.69) is 37.9 Å². The predicted octanol–water partition coefficient (Wildman–Crippen LogP) is 3.43. The Morgan fingerprint density at radius 3 is 2.56 bits per heavy atom. The van der Waals surface area contributed by atoms with Crippen LogP contribution in [-0.4, -0.2) is 13.6 Å². The summed E-state index contributed by atoms with van der Waals surface area (Å²) in [5, 5.41) is 8.85. The van der Waals surface area contributed by atoms with Crippen LogP contribution in [-0.2, 0) is 0 Å². The van der Waals surface area contributed by atoms with Crippen LogP contribution in [0.2, 0.25) is 0 Å². The average molecular weight is 216 g/mol. The molecule has 1 aromatic rings. The molecule has 0 spiro atoms. The molecular formula is C14H20N2. The minimum atomic E-state index is 0.730. The molecule has 0 aliphatic heterocycles. The van der Waals surface area contributed by atoms with Crippen molar-refractivity contribution < 1.29 is 0 Å². The fourth-order valence-corrected chi connectivity index (χ4v) is 1.85. The molecule has 0 atom stereocenters. The summed E-state index contributed by atoms with van der Waals surface area (Å²) in [6.45, 7) is 5.52. The van der Waals surface area contributed by atoms with E-state index in [9.17, 15) is 0 Å². The van der Waals surface area contributed by atoms with E-state index in [1.807, 2.05) is 18.2 Å². The summed E-state index contributed by atoms with van der Waals surface area (Å²) in [4.78, 5) is 2.23. The van der Waals surface area contributed by atoms with E-state index in [1.54, 1.807) is 0 Å². The molecule has 0 saturated heterocycles. The van der Waals surface area contributed by atoms with Crippen molar-refractivity contribution >= 4 is 5.69 Å². The van der Waals surface area contributed by atoms with E-state index in [1.165, 1.54) is 12.8 Å². The molecule has 0 aromatic heterocycles. The van der Waals surface area contributed by atoms with Crippen molar-refractivity contribution in [2.24, 2.45) is 5.92 Å². The van der Waals surface area contributed by atoms with E-state index in [0.29, 0.717) is 0 Å². The number of benzene rings is 1. The highest BCUT2D eigenvalue weighted by atomic mass is 15.1. The first-order valence-electron chi connectivity index (χ1n) is 5.92. The lowest BCUT2D eigenvalue weighted by atomic mass is 10.0. The van der Waals surface area contributed by atoms with Gasteiger partial charge in [0.15, 0.2) is 0 Å². The van der Waals surface area contributed by atoms with Crippen LogP contribution in [0.5, 0.6) is 0 Å². The number of hydrogen-bond acceptors (Lipinski definition) is 2. The molecule has 2 heteroatoms. The Balaban J connectivity index is 2.72. The van der Waals surface area contributed by atoms with Crippen molar-refractivity contribution in [2.45, 2.75) is 26.7 Å². The zero-order chi connectivity index (χ0) is 12.0. The van der Waals surface area contributed by atoms with E-state index in [0.717, 1.165) is 23.7 Å². The van der Waals surface area contributed by atoms with Crippen molar-refractivity contribution in [1.29, 1.82) is 5.26 Å². The molecule has 0 N–H and O–H groups in total. The van der Waals surface area contributed by atoms with Gasteiger partial charge in [-0.2, -0.15) is 5.26 Å². The molecule has 2 nitrogen and oxygen atoms in total. The molecule has 0 amide bonds. The van der Waals surface area contributed by atoms with E-state index >= 15 is 0 Å². The van der Waals surface area contributed by atoms with Crippen molar-refractivity contribution in [3.05, 3.63) is 29.8 Å². The lowest BCUT2D eigenvalue weighted by Gasteiger charge is -2.24. The van der Waals surface area contributed by atoms with Crippen LogP contribution in [0.4, 0.5) is 5.69 Å². The van der Waals surface area contributed by atoms with Gasteiger partial charge in [-0.15, -0.1) is 0 Å². The van der Waals surface area contributed by atoms with Gasteiger partial charge in [-0.05, 0) is 24.1 Å². The first kappa shape index (κ1) is 12.6. The second-order valence-corrected chi connectivity index (χ2v) is 4.23. The van der Waals surface area contributed by atoms with Crippen LogP contribution >= 0.6 is 0 Å². The average Bonchev–Trinajstić information content (AvgIpc) is 2.35. The van der Waals surface area contributed by atoms with E-state index < -0.39 is 0 Å². The topological polar surface area (TPSA) is 27.0 Å². The fourth-order valence-electron chi connectivity index (χ4n) is 1.85. The summed E-state index contributed by atoms with van der Waals surface area (Å²) in [5.41, 5.74) is 1.86. The van der Waals surface area contributed by atoms with Gasteiger partial charge in [0, 0.05) is 19.3 Å². The van der Waals surface area contributed by atoms with Crippen molar-refractivity contribution in [1.82, 2.24) is 0 Å². The maximum absolute atomic E-state index is 8.85. The summed E-state index contributed by atoms with van der Waals surface area (Å²) < 4.78 is 0. The molecule has 0 aliphatic rings. The van der Waals surface area contributed by atoms with Crippen molar-refractivity contribution in [3.63, 3.8) is 0 Å². The summed E-state index contributed by atoms with van der Waals surface area (Å²) in [5.74, 6) is 0.732. The van der Waals surface area contributed by atoms with Crippen LogP contribution in [0.25, 0.3) is 0 Å². The smallest absolute Gasteiger partial charge is 0.0992 e. The predicted molar refractivity (Wildman–Crippen MR) is 68.5 cm³/mol. The first-order valence-corrected chi connectivity index (χ1v) is 5.92. The standard InChI is InChI=1S/C14H20N2/c1-4-12(5-2)11-16(3)14-8-6-7-13(9-14)10-15/h6-9,12H,4-5,11H2,1-3H3. The van der Waals surface area contributed by atoms with Gasteiger partial charge < -0.3 is 4.90 Å². The molecule has 0 radical (unpaired) electrons. The van der Waals surface area contributed by atoms with Gasteiger partial charge >= 0.3 is 0 Å². The Kier molecular flexibility index (Phi) is 4.85. The zero-order valence-corrected chi connectivity index (χ0v) is 10.4. The molecule has 16 heavy (non-hydrogen) atoms. The molecule has 0 bridgehead atoms. The highest BCUT2D eigenvalue weighted by Gasteiger charge is 2.08. The Labute approximate surface area is 98.5 Å². The molecule has 0 fully saturated rings. The van der Waals surface area contributed by atoms with Gasteiger partial charge in [0.05, 0.1) is 11.6 Å². The van der Waals surface area contributed by atoms with E-state index in [4.69, 9.17) is 5.26 Å². The first-order chi connectivity index (χ1) is 7.71. The lowest BCUT2D eigenvalue weighted by Crippen LogP contribution is -2.24. The number of nitrogens with zero attached hydrogens (tertiary/aromatic N) is 2. The second-order valence-electron chi connectivity index (χ2n) is 4.23. The molecular weight excluding hydrogens is 196 g/mol. The number of rotatable bonds is 5. The van der Waals surface area contributed by atoms with Gasteiger partial charge in [-0.1, -0.05) is 32.8 Å². The molecule has 1 aromatic carbocycles. The van der Waals surface area contributed by atoms with Gasteiger partial charge in [-0.3, -0.25) is 0 Å². The third-order valence-electron chi connectivity index (χ3n) is 3.10. The molecule has 0 unspecified atom stereocenters. The summed E-state index contributed by atoms with van der Waals surface area (Å²) >= 11 is 0. The summed E-state index contributed by atoms with van der Waals surface area (Å²) in [6.07, 6.45) is 2.41. The Morgan fingerprint density at radius 2 is 2.00 bits per heavy atom. The molecule has 1 rings (SSSR count). The molecule has 86 valence electrons. The Hall–Kier alpha value is -1.49. The Morgan fingerprint density at radius 1 is 1.31 bits per heavy atom. The summed E-state index contributed by atoms with van der Waals surface area (Å²) in [7, 11) is 2.09. The van der Waals surface area contributed by atoms with Gasteiger partial charge in [0.2, 0.25) is 0 Å². The van der Waals surface area contributed by atoms with Crippen LogP contribution < -0.4 is 4.90 Å². The van der Waals surface area contributed by atoms with Crippen LogP contribution in [0.1, 0.15) is 32.3 Å². The largest absolute Gasteiger partial charge is 0.374 e. The maximum atomic E-state index is 8.85. The van der Waals surface area contributed by atoms with Crippen molar-refractivity contribution in [2.75, 3.05) is 18.5 Å². The van der Waals surface area contributed by atoms with Gasteiger partial charge in [-0.25, -0.2) is 0 Å². The van der Waals surface area contributed by atoms with Gasteiger partial charge in [0.1, 0.15) is 0 Å². The lowest BCUT2D eigenvalue weighted by molar-refractivity contribution is 0.494. The number of nitriles is 1. The Bertz CT molecular complexity index is 361. The quantitative estimate of drug-likeness (QED) is 0.754. The third kappa shape index (κ3) is 3.27. The third-order valence-corrected chi connectivity index (χ3v) is 3.10. The minimum Gasteiger partial charge on any atom is -0.374 e. The van der Waals surface area contributed by atoms with Gasteiger partial charge in [0.25, 0.3) is 0 Å². The second kappa shape index (κ2) is 6.17. The van der Waals surface area contributed by atoms with Crippen LogP contribution in [0.3, 0.4) is 0 Å². The number of hydrogen-bond donors (Lipinski definition) is 0. The highest BCUT2D eigenvalue weighted by molar-refractivity contribution is 5.50. The fraction of sp³-hybridized carbons (Fsp3) is 0.500. The normalized spacial score (nSPS) is 10.2. The van der Waals surface area contributed by atoms with Crippen molar-refractivity contribution in [3.8, 4) is 6.07 Å². The highest BCUT2D eigenvalue weighted by Crippen LogP contribution is 2.17. The van der Waals surface area contributed by atoms with E-state index in [-0.39, 0.29) is 0 Å². The van der Waals surface area contributed by atoms with Crippen LogP contribution in [0.15, 0.2) is 24.3 Å². The monoisotopic (exact) mass is 216 g/mol. The minimum absolute atomic E-state index is 0.730. The number of anilines is 1. The van der Waals surface area contributed by atoms with Crippen LogP contribution in [0, 0.1) is 17.2 Å². The SMILES string of the molecule is CCC(CC)CN(C)c1cccc(C#N)c1. The molecule has 0 saturated carbocycles.